The number of aromatic nitrogens is 1. The topological polar surface area (TPSA) is 34.1 Å². The lowest BCUT2D eigenvalue weighted by Crippen LogP contribution is -2.47. The van der Waals surface area contributed by atoms with Gasteiger partial charge in [0, 0.05) is 24.4 Å². The molecule has 1 heterocycles. The smallest absolute Gasteiger partial charge is 0.113 e. The first-order valence-corrected chi connectivity index (χ1v) is 8.31. The molecule has 2 rings (SSSR count). The maximum atomic E-state index is 5.19. The summed E-state index contributed by atoms with van der Waals surface area (Å²) in [7, 11) is 1.75. The molecule has 0 saturated heterocycles. The van der Waals surface area contributed by atoms with Crippen molar-refractivity contribution in [2.45, 2.75) is 58.4 Å². The normalized spacial score (nSPS) is 20.7. The van der Waals surface area contributed by atoms with E-state index in [2.05, 4.69) is 45.3 Å². The minimum Gasteiger partial charge on any atom is -0.383 e. The molecule has 1 aliphatic rings. The van der Waals surface area contributed by atoms with Gasteiger partial charge in [-0.15, -0.1) is 11.3 Å². The summed E-state index contributed by atoms with van der Waals surface area (Å²) in [6.07, 6.45) is 2.54. The van der Waals surface area contributed by atoms with Gasteiger partial charge in [-0.25, -0.2) is 4.98 Å². The largest absolute Gasteiger partial charge is 0.383 e. The van der Waals surface area contributed by atoms with Crippen LogP contribution >= 0.6 is 11.3 Å². The highest BCUT2D eigenvalue weighted by Gasteiger charge is 2.55. The second-order valence-corrected chi connectivity index (χ2v) is 8.25. The number of hydrogen-bond donors (Lipinski definition) is 1. The Labute approximate surface area is 127 Å². The van der Waals surface area contributed by atoms with Crippen LogP contribution in [0.3, 0.4) is 0 Å². The van der Waals surface area contributed by atoms with Gasteiger partial charge < -0.3 is 10.1 Å². The molecule has 0 aromatic carbocycles. The zero-order valence-corrected chi connectivity index (χ0v) is 14.5. The van der Waals surface area contributed by atoms with Crippen LogP contribution in [0, 0.1) is 5.41 Å². The monoisotopic (exact) mass is 296 g/mol. The van der Waals surface area contributed by atoms with Gasteiger partial charge in [0.05, 0.1) is 17.8 Å². The second kappa shape index (κ2) is 5.39. The van der Waals surface area contributed by atoms with E-state index in [9.17, 15) is 0 Å². The van der Waals surface area contributed by atoms with Gasteiger partial charge in [0.2, 0.25) is 0 Å². The molecular formula is C16H28N2OS. The van der Waals surface area contributed by atoms with E-state index in [-0.39, 0.29) is 11.0 Å². The summed E-state index contributed by atoms with van der Waals surface area (Å²) in [6, 6.07) is 0. The van der Waals surface area contributed by atoms with Crippen LogP contribution in [0.15, 0.2) is 5.38 Å². The highest BCUT2D eigenvalue weighted by Crippen LogP contribution is 2.58. The average Bonchev–Trinajstić information content (AvgIpc) is 2.93. The molecule has 1 unspecified atom stereocenters. The molecule has 0 radical (unpaired) electrons. The molecule has 3 nitrogen and oxygen atoms in total. The lowest BCUT2D eigenvalue weighted by atomic mass is 9.84. The van der Waals surface area contributed by atoms with E-state index >= 15 is 0 Å². The van der Waals surface area contributed by atoms with E-state index in [1.807, 2.05) is 0 Å². The van der Waals surface area contributed by atoms with Crippen molar-refractivity contribution in [1.82, 2.24) is 10.3 Å². The van der Waals surface area contributed by atoms with Gasteiger partial charge >= 0.3 is 0 Å². The molecule has 1 N–H and O–H groups in total. The molecular weight excluding hydrogens is 268 g/mol. The van der Waals surface area contributed by atoms with Crippen molar-refractivity contribution in [3.63, 3.8) is 0 Å². The highest BCUT2D eigenvalue weighted by molar-refractivity contribution is 7.09. The van der Waals surface area contributed by atoms with Crippen molar-refractivity contribution in [3.8, 4) is 0 Å². The number of nitrogens with zero attached hydrogens (tertiary/aromatic N) is 1. The molecule has 1 aromatic heterocycles. The molecule has 1 aromatic rings. The summed E-state index contributed by atoms with van der Waals surface area (Å²) in [6.45, 7) is 12.9. The van der Waals surface area contributed by atoms with E-state index in [0.29, 0.717) is 5.41 Å². The van der Waals surface area contributed by atoms with E-state index in [1.165, 1.54) is 23.5 Å². The Morgan fingerprint density at radius 2 is 2.00 bits per heavy atom. The lowest BCUT2D eigenvalue weighted by Gasteiger charge is -2.35. The highest BCUT2D eigenvalue weighted by atomic mass is 32.1. The number of thiazole rings is 1. The van der Waals surface area contributed by atoms with E-state index in [1.54, 1.807) is 18.4 Å². The summed E-state index contributed by atoms with van der Waals surface area (Å²) in [5.74, 6) is 0. The molecule has 0 bridgehead atoms. The molecule has 1 saturated carbocycles. The summed E-state index contributed by atoms with van der Waals surface area (Å²) in [5, 5.41) is 7.14. The molecule has 1 fully saturated rings. The third-order valence-corrected chi connectivity index (χ3v) is 5.76. The van der Waals surface area contributed by atoms with Crippen molar-refractivity contribution < 1.29 is 4.74 Å². The summed E-state index contributed by atoms with van der Waals surface area (Å²) in [4.78, 5) is 4.95. The molecule has 0 spiro atoms. The van der Waals surface area contributed by atoms with Crippen molar-refractivity contribution >= 4 is 11.3 Å². The Morgan fingerprint density at radius 3 is 2.45 bits per heavy atom. The van der Waals surface area contributed by atoms with Crippen LogP contribution in [0.25, 0.3) is 0 Å². The van der Waals surface area contributed by atoms with Crippen molar-refractivity contribution in [1.29, 1.82) is 0 Å². The van der Waals surface area contributed by atoms with Crippen LogP contribution in [0.1, 0.15) is 58.2 Å². The quantitative estimate of drug-likeness (QED) is 0.813. The standard InChI is InChI=1S/C16H28N2OS/c1-14(2,3)12-11-20-13(18-12)16(5,15(4)7-8-15)17-9-10-19-6/h11,17H,7-10H2,1-6H3. The van der Waals surface area contributed by atoms with Crippen molar-refractivity contribution in [2.24, 2.45) is 5.41 Å². The first-order valence-electron chi connectivity index (χ1n) is 7.43. The number of nitrogens with one attached hydrogen (secondary N) is 1. The zero-order valence-electron chi connectivity index (χ0n) is 13.7. The van der Waals surface area contributed by atoms with Crippen LogP contribution < -0.4 is 5.32 Å². The number of rotatable bonds is 6. The number of methoxy groups -OCH3 is 1. The first-order chi connectivity index (χ1) is 9.23. The fraction of sp³-hybridized carbons (Fsp3) is 0.812. The number of ether oxygens (including phenoxy) is 1. The SMILES string of the molecule is COCCNC(C)(c1nc(C(C)(C)C)cs1)C1(C)CC1. The van der Waals surface area contributed by atoms with Crippen LogP contribution in [0.4, 0.5) is 0 Å². The third kappa shape index (κ3) is 2.92. The van der Waals surface area contributed by atoms with Gasteiger partial charge in [-0.05, 0) is 25.2 Å². The predicted molar refractivity (Wildman–Crippen MR) is 85.4 cm³/mol. The van der Waals surface area contributed by atoms with Gasteiger partial charge in [-0.2, -0.15) is 0 Å². The van der Waals surface area contributed by atoms with Gasteiger partial charge in [-0.3, -0.25) is 0 Å². The Bertz CT molecular complexity index is 459. The Hall–Kier alpha value is -0.450. The molecule has 20 heavy (non-hydrogen) atoms. The first kappa shape index (κ1) is 15.9. The van der Waals surface area contributed by atoms with Crippen molar-refractivity contribution in [3.05, 3.63) is 16.1 Å². The van der Waals surface area contributed by atoms with Gasteiger partial charge in [0.25, 0.3) is 0 Å². The van der Waals surface area contributed by atoms with Gasteiger partial charge in [0.1, 0.15) is 5.01 Å². The van der Waals surface area contributed by atoms with Gasteiger partial charge in [-0.1, -0.05) is 27.7 Å². The minimum absolute atomic E-state index is 0.0420. The third-order valence-electron chi connectivity index (χ3n) is 4.69. The van der Waals surface area contributed by atoms with E-state index in [4.69, 9.17) is 9.72 Å². The fourth-order valence-electron chi connectivity index (χ4n) is 2.49. The van der Waals surface area contributed by atoms with Crippen LogP contribution in [0.5, 0.6) is 0 Å². The molecule has 114 valence electrons. The summed E-state index contributed by atoms with van der Waals surface area (Å²) < 4.78 is 5.19. The predicted octanol–water partition coefficient (Wildman–Crippen LogP) is 3.69. The Kier molecular flexibility index (Phi) is 4.30. The molecule has 1 aliphatic carbocycles. The molecule has 1 atom stereocenters. The van der Waals surface area contributed by atoms with Crippen LogP contribution in [0.2, 0.25) is 0 Å². The average molecular weight is 296 g/mol. The van der Waals surface area contributed by atoms with Crippen molar-refractivity contribution in [2.75, 3.05) is 20.3 Å². The summed E-state index contributed by atoms with van der Waals surface area (Å²) >= 11 is 1.79. The lowest BCUT2D eigenvalue weighted by molar-refractivity contribution is 0.162. The Morgan fingerprint density at radius 1 is 1.35 bits per heavy atom. The van der Waals surface area contributed by atoms with Gasteiger partial charge in [0.15, 0.2) is 0 Å². The minimum atomic E-state index is -0.0420. The van der Waals surface area contributed by atoms with Crippen LogP contribution in [-0.4, -0.2) is 25.2 Å². The molecule has 4 heteroatoms. The fourth-order valence-corrected chi connectivity index (χ4v) is 3.82. The second-order valence-electron chi connectivity index (χ2n) is 7.39. The number of hydrogen-bond acceptors (Lipinski definition) is 4. The van der Waals surface area contributed by atoms with Crippen LogP contribution in [-0.2, 0) is 15.7 Å². The maximum absolute atomic E-state index is 5.19. The molecule has 0 amide bonds. The maximum Gasteiger partial charge on any atom is 0.113 e. The van der Waals surface area contributed by atoms with E-state index in [0.717, 1.165) is 13.2 Å². The van der Waals surface area contributed by atoms with E-state index < -0.39 is 0 Å². The molecule has 0 aliphatic heterocycles. The summed E-state index contributed by atoms with van der Waals surface area (Å²) in [5.41, 5.74) is 1.60. The Balaban J connectivity index is 2.25. The zero-order chi connectivity index (χ0) is 15.0.